The van der Waals surface area contributed by atoms with Crippen molar-refractivity contribution in [1.82, 2.24) is 9.97 Å². The van der Waals surface area contributed by atoms with Crippen molar-refractivity contribution in [2.24, 2.45) is 5.92 Å². The maximum Gasteiger partial charge on any atom is 0.235 e. The van der Waals surface area contributed by atoms with Crippen molar-refractivity contribution in [3.63, 3.8) is 0 Å². The molecule has 0 aliphatic rings. The molecule has 2 amide bonds. The zero-order valence-corrected chi connectivity index (χ0v) is 18.3. The lowest BCUT2D eigenvalue weighted by atomic mass is 10.2. The molecule has 2 aromatic heterocycles. The van der Waals surface area contributed by atoms with E-state index in [0.717, 1.165) is 9.24 Å². The van der Waals surface area contributed by atoms with Crippen molar-refractivity contribution in [2.45, 2.75) is 29.5 Å². The van der Waals surface area contributed by atoms with Gasteiger partial charge in [-0.2, -0.15) is 0 Å². The van der Waals surface area contributed by atoms with E-state index in [2.05, 4.69) is 20.6 Å². The summed E-state index contributed by atoms with van der Waals surface area (Å²) in [4.78, 5) is 32.9. The van der Waals surface area contributed by atoms with Gasteiger partial charge < -0.3 is 15.4 Å². The number of aromatic nitrogens is 2. The third-order valence-corrected chi connectivity index (χ3v) is 5.59. The Morgan fingerprint density at radius 2 is 1.83 bits per heavy atom. The van der Waals surface area contributed by atoms with Gasteiger partial charge in [0, 0.05) is 6.20 Å². The Morgan fingerprint density at radius 1 is 1.07 bits per heavy atom. The van der Waals surface area contributed by atoms with E-state index in [4.69, 9.17) is 4.74 Å². The minimum absolute atomic E-state index is 0.319. The molecule has 0 radical (unpaired) electrons. The van der Waals surface area contributed by atoms with Gasteiger partial charge in [-0.25, -0.2) is 9.97 Å². The van der Waals surface area contributed by atoms with Crippen LogP contribution < -0.4 is 15.4 Å². The van der Waals surface area contributed by atoms with Crippen LogP contribution in [-0.4, -0.2) is 28.4 Å². The van der Waals surface area contributed by atoms with E-state index in [0.29, 0.717) is 29.1 Å². The highest BCUT2D eigenvalue weighted by Gasteiger charge is 2.14. The molecular weight excluding hydrogens is 420 g/mol. The van der Waals surface area contributed by atoms with Crippen LogP contribution in [0.4, 0.5) is 10.8 Å². The highest BCUT2D eigenvalue weighted by Crippen LogP contribution is 2.32. The first-order chi connectivity index (χ1) is 14.5. The number of hydrogen-bond donors (Lipinski definition) is 2. The number of nitrogens with one attached hydrogen (secondary N) is 2. The third kappa shape index (κ3) is 6.85. The van der Waals surface area contributed by atoms with Crippen molar-refractivity contribution >= 4 is 45.7 Å². The van der Waals surface area contributed by atoms with Gasteiger partial charge in [0.2, 0.25) is 11.8 Å². The molecule has 2 heterocycles. The van der Waals surface area contributed by atoms with E-state index in [1.807, 2.05) is 38.1 Å². The summed E-state index contributed by atoms with van der Waals surface area (Å²) in [6.07, 6.45) is 3.07. The van der Waals surface area contributed by atoms with Gasteiger partial charge in [-0.3, -0.25) is 9.59 Å². The average molecular weight is 443 g/mol. The number of anilines is 2. The lowest BCUT2D eigenvalue weighted by molar-refractivity contribution is -0.123. The topological polar surface area (TPSA) is 93.2 Å². The summed E-state index contributed by atoms with van der Waals surface area (Å²) < 4.78 is 6.61. The monoisotopic (exact) mass is 442 g/mol. The van der Waals surface area contributed by atoms with Crippen LogP contribution in [0.5, 0.6) is 5.75 Å². The Kier molecular flexibility index (Phi) is 7.81. The number of hydrogen-bond acceptors (Lipinski definition) is 7. The van der Waals surface area contributed by atoms with Crippen LogP contribution in [0.25, 0.3) is 0 Å². The molecule has 0 aliphatic heterocycles. The zero-order chi connectivity index (χ0) is 21.3. The largest absolute Gasteiger partial charge is 0.491 e. The summed E-state index contributed by atoms with van der Waals surface area (Å²) in [6, 6.07) is 12.8. The van der Waals surface area contributed by atoms with Gasteiger partial charge in [0.15, 0.2) is 5.13 Å². The Bertz CT molecular complexity index is 993. The summed E-state index contributed by atoms with van der Waals surface area (Å²) in [5.41, 5.74) is 0.541. The summed E-state index contributed by atoms with van der Waals surface area (Å²) in [6.45, 7) is 4.63. The summed E-state index contributed by atoms with van der Waals surface area (Å²) in [5, 5.41) is 6.68. The Balaban J connectivity index is 1.51. The number of carbonyl (C=O) groups excluding carboxylic acids is 2. The van der Waals surface area contributed by atoms with Crippen molar-refractivity contribution in [3.8, 4) is 5.75 Å². The SMILES string of the molecule is CC(C)COc1ccccc1NC(=O)CC(=O)Nc1ncc(Sc2ccccn2)s1. The number of amides is 2. The van der Waals surface area contributed by atoms with E-state index in [1.165, 1.54) is 23.1 Å². The van der Waals surface area contributed by atoms with E-state index in [1.54, 1.807) is 30.6 Å². The number of ether oxygens (including phenoxy) is 1. The van der Waals surface area contributed by atoms with Crippen molar-refractivity contribution in [1.29, 1.82) is 0 Å². The van der Waals surface area contributed by atoms with E-state index in [9.17, 15) is 9.59 Å². The van der Waals surface area contributed by atoms with Crippen LogP contribution in [0.15, 0.2) is 64.1 Å². The van der Waals surface area contributed by atoms with E-state index < -0.39 is 11.8 Å². The van der Waals surface area contributed by atoms with Gasteiger partial charge in [0.1, 0.15) is 17.2 Å². The van der Waals surface area contributed by atoms with Gasteiger partial charge in [0.25, 0.3) is 0 Å². The molecule has 0 bridgehead atoms. The van der Waals surface area contributed by atoms with Gasteiger partial charge in [-0.15, -0.1) is 0 Å². The van der Waals surface area contributed by atoms with Crippen LogP contribution in [0.2, 0.25) is 0 Å². The van der Waals surface area contributed by atoms with Crippen LogP contribution in [0.3, 0.4) is 0 Å². The number of pyridine rings is 1. The Hall–Kier alpha value is -2.91. The standard InChI is InChI=1S/C21H22N4O3S2/c1-14(2)13-28-16-8-4-3-7-15(16)24-17(26)11-18(27)25-21-23-12-20(30-21)29-19-9-5-6-10-22-19/h3-10,12,14H,11,13H2,1-2H3,(H,24,26)(H,23,25,27). The fourth-order valence-corrected chi connectivity index (χ4v) is 4.13. The van der Waals surface area contributed by atoms with E-state index in [-0.39, 0.29) is 6.42 Å². The van der Waals surface area contributed by atoms with Crippen LogP contribution in [0, 0.1) is 5.92 Å². The van der Waals surface area contributed by atoms with Gasteiger partial charge in [-0.05, 0) is 30.2 Å². The minimum atomic E-state index is -0.434. The summed E-state index contributed by atoms with van der Waals surface area (Å²) >= 11 is 2.79. The van der Waals surface area contributed by atoms with Crippen molar-refractivity contribution < 1.29 is 14.3 Å². The van der Waals surface area contributed by atoms with Gasteiger partial charge >= 0.3 is 0 Å². The second kappa shape index (κ2) is 10.7. The number of para-hydroxylation sites is 2. The molecule has 9 heteroatoms. The number of benzene rings is 1. The molecule has 3 rings (SSSR count). The molecule has 3 aromatic rings. The molecule has 2 N–H and O–H groups in total. The quantitative estimate of drug-likeness (QED) is 0.467. The first kappa shape index (κ1) is 21.8. The molecule has 0 unspecified atom stereocenters. The molecule has 0 fully saturated rings. The third-order valence-electron chi connectivity index (χ3n) is 3.63. The number of nitrogens with zero attached hydrogens (tertiary/aromatic N) is 2. The lowest BCUT2D eigenvalue weighted by Crippen LogP contribution is -2.21. The molecule has 1 aromatic carbocycles. The molecule has 0 atom stereocenters. The molecule has 0 saturated carbocycles. The molecule has 0 aliphatic carbocycles. The first-order valence-corrected chi connectivity index (χ1v) is 11.0. The second-order valence-corrected chi connectivity index (χ2v) is 9.08. The van der Waals surface area contributed by atoms with Crippen molar-refractivity contribution in [3.05, 3.63) is 54.9 Å². The number of thiazole rings is 1. The Labute approximate surface area is 183 Å². The van der Waals surface area contributed by atoms with Crippen LogP contribution in [0.1, 0.15) is 20.3 Å². The Morgan fingerprint density at radius 3 is 2.60 bits per heavy atom. The fraction of sp³-hybridized carbons (Fsp3) is 0.238. The van der Waals surface area contributed by atoms with Gasteiger partial charge in [-0.1, -0.05) is 55.1 Å². The number of rotatable bonds is 9. The average Bonchev–Trinajstić information content (AvgIpc) is 3.14. The zero-order valence-electron chi connectivity index (χ0n) is 16.6. The predicted molar refractivity (Wildman–Crippen MR) is 119 cm³/mol. The summed E-state index contributed by atoms with van der Waals surface area (Å²) in [7, 11) is 0. The highest BCUT2D eigenvalue weighted by atomic mass is 32.2. The molecule has 0 spiro atoms. The first-order valence-electron chi connectivity index (χ1n) is 9.36. The molecule has 156 valence electrons. The number of carbonyl (C=O) groups is 2. The maximum atomic E-state index is 12.3. The molecule has 7 nitrogen and oxygen atoms in total. The second-order valence-electron chi connectivity index (χ2n) is 6.73. The lowest BCUT2D eigenvalue weighted by Gasteiger charge is -2.13. The van der Waals surface area contributed by atoms with Gasteiger partial charge in [0.05, 0.1) is 22.7 Å². The predicted octanol–water partition coefficient (Wildman–Crippen LogP) is 4.69. The van der Waals surface area contributed by atoms with Crippen LogP contribution >= 0.6 is 23.1 Å². The minimum Gasteiger partial charge on any atom is -0.491 e. The fourth-order valence-electron chi connectivity index (χ4n) is 2.33. The smallest absolute Gasteiger partial charge is 0.235 e. The normalized spacial score (nSPS) is 10.6. The summed E-state index contributed by atoms with van der Waals surface area (Å²) in [5.74, 6) is 0.0826. The molecule has 0 saturated heterocycles. The molecular formula is C21H22N4O3S2. The highest BCUT2D eigenvalue weighted by molar-refractivity contribution is 8.01. The van der Waals surface area contributed by atoms with E-state index >= 15 is 0 Å². The van der Waals surface area contributed by atoms with Crippen molar-refractivity contribution in [2.75, 3.05) is 17.2 Å². The molecule has 30 heavy (non-hydrogen) atoms. The maximum absolute atomic E-state index is 12.3. The van der Waals surface area contributed by atoms with Crippen LogP contribution in [-0.2, 0) is 9.59 Å².